The predicted octanol–water partition coefficient (Wildman–Crippen LogP) is 5.65. The van der Waals surface area contributed by atoms with Gasteiger partial charge in [0.25, 0.3) is 0 Å². The van der Waals surface area contributed by atoms with Gasteiger partial charge in [-0.3, -0.25) is 0 Å². The van der Waals surface area contributed by atoms with Gasteiger partial charge in [0, 0.05) is 28.2 Å². The van der Waals surface area contributed by atoms with Crippen molar-refractivity contribution in [1.82, 2.24) is 4.57 Å². The molecule has 1 heterocycles. The van der Waals surface area contributed by atoms with Gasteiger partial charge in [-0.15, -0.1) is 0 Å². The Labute approximate surface area is 215 Å². The van der Waals surface area contributed by atoms with Crippen LogP contribution in [-0.4, -0.2) is 42.8 Å². The highest BCUT2D eigenvalue weighted by atomic mass is 16.5. The molecule has 0 spiro atoms. The summed E-state index contributed by atoms with van der Waals surface area (Å²) in [5.74, 6) is -1.93. The minimum Gasteiger partial charge on any atom is -0.465 e. The fourth-order valence-corrected chi connectivity index (χ4v) is 4.70. The van der Waals surface area contributed by atoms with Gasteiger partial charge >= 0.3 is 17.9 Å². The van der Waals surface area contributed by atoms with E-state index in [1.165, 1.54) is 7.11 Å². The topological polar surface area (TPSA) is 83.8 Å². The van der Waals surface area contributed by atoms with E-state index in [1.54, 1.807) is 13.8 Å². The molecule has 0 aliphatic heterocycles. The molecule has 1 aromatic carbocycles. The summed E-state index contributed by atoms with van der Waals surface area (Å²) in [6.07, 6.45) is 1.14. The molecular weight excluding hydrogens is 470 g/mol. The molecule has 0 radical (unpaired) electrons. The zero-order chi connectivity index (χ0) is 26.7. The molecule has 4 rings (SSSR count). The Morgan fingerprint density at radius 2 is 1.49 bits per heavy atom. The number of nitrogens with zero attached hydrogens (tertiary/aromatic N) is 1. The van der Waals surface area contributed by atoms with Crippen LogP contribution in [0.2, 0.25) is 0 Å². The number of methoxy groups -OCH3 is 1. The van der Waals surface area contributed by atoms with E-state index in [0.29, 0.717) is 22.2 Å². The Hall–Kier alpha value is -4.39. The molecule has 7 heteroatoms. The van der Waals surface area contributed by atoms with Crippen molar-refractivity contribution in [2.24, 2.45) is 0 Å². The molecule has 0 fully saturated rings. The van der Waals surface area contributed by atoms with Crippen molar-refractivity contribution in [1.29, 1.82) is 0 Å². The predicted molar refractivity (Wildman–Crippen MR) is 142 cm³/mol. The molecular formula is C30H29NO6. The third-order valence-corrected chi connectivity index (χ3v) is 6.22. The Balaban J connectivity index is 2.25. The van der Waals surface area contributed by atoms with Gasteiger partial charge in [0.1, 0.15) is 0 Å². The average molecular weight is 500 g/mol. The van der Waals surface area contributed by atoms with Gasteiger partial charge in [-0.1, -0.05) is 48.0 Å². The highest BCUT2D eigenvalue weighted by molar-refractivity contribution is 6.29. The number of carbonyl (C=O) groups excluding carboxylic acids is 3. The minimum absolute atomic E-state index is 0.0104. The largest absolute Gasteiger partial charge is 0.465 e. The van der Waals surface area contributed by atoms with Gasteiger partial charge < -0.3 is 18.8 Å². The quantitative estimate of drug-likeness (QED) is 0.186. The van der Waals surface area contributed by atoms with Crippen LogP contribution in [-0.2, 0) is 23.8 Å². The number of hydrogen-bond donors (Lipinski definition) is 0. The van der Waals surface area contributed by atoms with E-state index >= 15 is 0 Å². The maximum absolute atomic E-state index is 13.4. The molecule has 0 atom stereocenters. The van der Waals surface area contributed by atoms with E-state index < -0.39 is 17.9 Å². The van der Waals surface area contributed by atoms with E-state index in [9.17, 15) is 14.4 Å². The lowest BCUT2D eigenvalue weighted by Gasteiger charge is -2.16. The van der Waals surface area contributed by atoms with Crippen molar-refractivity contribution in [3.8, 4) is 16.8 Å². The second-order valence-corrected chi connectivity index (χ2v) is 8.49. The molecule has 0 unspecified atom stereocenters. The standard InChI is InChI=1S/C30H29NO6/c1-6-36-24(32)17-23(29(33)37-7-2)28-27-25(19(4)31(28)20-15-13-18(3)14-16-20)21-11-9-8-10-12-22(21)26(27)30(34)35-5/h8-17H,6-7H2,1-5H3/b23-17-. The summed E-state index contributed by atoms with van der Waals surface area (Å²) in [7, 11) is 1.32. The molecule has 0 saturated heterocycles. The monoisotopic (exact) mass is 499 g/mol. The first-order chi connectivity index (χ1) is 17.8. The summed E-state index contributed by atoms with van der Waals surface area (Å²) in [5, 5.41) is 1.29. The third kappa shape index (κ3) is 4.60. The van der Waals surface area contributed by atoms with E-state index in [2.05, 4.69) is 0 Å². The number of benzene rings is 1. The van der Waals surface area contributed by atoms with Gasteiger partial charge in [0.15, 0.2) is 0 Å². The first-order valence-corrected chi connectivity index (χ1v) is 12.1. The van der Waals surface area contributed by atoms with Crippen LogP contribution in [0.25, 0.3) is 33.2 Å². The Morgan fingerprint density at radius 3 is 2.11 bits per heavy atom. The number of carbonyl (C=O) groups is 3. The van der Waals surface area contributed by atoms with Crippen molar-refractivity contribution in [3.05, 3.63) is 83.2 Å². The van der Waals surface area contributed by atoms with Crippen LogP contribution in [0.1, 0.15) is 41.2 Å². The maximum atomic E-state index is 13.4. The van der Waals surface area contributed by atoms with Crippen LogP contribution in [0, 0.1) is 13.8 Å². The maximum Gasteiger partial charge on any atom is 0.340 e. The lowest BCUT2D eigenvalue weighted by atomic mass is 10.0. The number of aromatic nitrogens is 1. The van der Waals surface area contributed by atoms with Crippen LogP contribution in [0.15, 0.2) is 60.7 Å². The normalized spacial score (nSPS) is 11.5. The molecule has 2 aliphatic carbocycles. The second kappa shape index (κ2) is 10.7. The number of hydrogen-bond acceptors (Lipinski definition) is 6. The van der Waals surface area contributed by atoms with Gasteiger partial charge in [-0.2, -0.15) is 0 Å². The highest BCUT2D eigenvalue weighted by Gasteiger charge is 2.34. The average Bonchev–Trinajstić information content (AvgIpc) is 3.22. The van der Waals surface area contributed by atoms with E-state index in [0.717, 1.165) is 34.0 Å². The van der Waals surface area contributed by atoms with Crippen LogP contribution < -0.4 is 0 Å². The van der Waals surface area contributed by atoms with Crippen molar-refractivity contribution >= 4 is 34.3 Å². The fourth-order valence-electron chi connectivity index (χ4n) is 4.70. The third-order valence-electron chi connectivity index (χ3n) is 6.22. The molecule has 37 heavy (non-hydrogen) atoms. The van der Waals surface area contributed by atoms with Crippen molar-refractivity contribution in [2.75, 3.05) is 20.3 Å². The van der Waals surface area contributed by atoms with Crippen LogP contribution in [0.5, 0.6) is 0 Å². The molecule has 2 aromatic rings. The lowest BCUT2D eigenvalue weighted by Crippen LogP contribution is -2.14. The molecule has 1 aromatic heterocycles. The Kier molecular flexibility index (Phi) is 7.43. The first-order valence-electron chi connectivity index (χ1n) is 12.1. The smallest absolute Gasteiger partial charge is 0.340 e. The Morgan fingerprint density at radius 1 is 0.838 bits per heavy atom. The Bertz CT molecular complexity index is 1490. The number of fused-ring (bicyclic) bond motifs is 3. The summed E-state index contributed by atoms with van der Waals surface area (Å²) in [5.41, 5.74) is 4.79. The van der Waals surface area contributed by atoms with E-state index in [-0.39, 0.29) is 18.8 Å². The lowest BCUT2D eigenvalue weighted by molar-refractivity contribution is -0.139. The number of rotatable bonds is 7. The van der Waals surface area contributed by atoms with Crippen molar-refractivity contribution < 1.29 is 28.6 Å². The summed E-state index contributed by atoms with van der Waals surface area (Å²) in [6, 6.07) is 17.2. The SMILES string of the molecule is CCOC(=O)/C=C(\C(=O)OCC)c1c2c(C(=O)OC)c3cccccc-3c2c(C)n1-c1ccc(C)cc1. The molecule has 0 saturated carbocycles. The molecule has 0 bridgehead atoms. The zero-order valence-corrected chi connectivity index (χ0v) is 21.6. The van der Waals surface area contributed by atoms with Crippen LogP contribution in [0.3, 0.4) is 0 Å². The van der Waals surface area contributed by atoms with Crippen LogP contribution in [0.4, 0.5) is 0 Å². The molecule has 190 valence electrons. The number of aryl methyl sites for hydroxylation is 2. The number of esters is 3. The fraction of sp³-hybridized carbons (Fsp3) is 0.233. The van der Waals surface area contributed by atoms with Crippen LogP contribution >= 0.6 is 0 Å². The molecule has 2 aliphatic rings. The van der Waals surface area contributed by atoms with Gasteiger partial charge in [-0.05, 0) is 51.0 Å². The molecule has 0 N–H and O–H groups in total. The summed E-state index contributed by atoms with van der Waals surface area (Å²) in [6.45, 7) is 7.53. The first kappa shape index (κ1) is 25.7. The summed E-state index contributed by atoms with van der Waals surface area (Å²) < 4.78 is 17.6. The zero-order valence-electron chi connectivity index (χ0n) is 21.6. The van der Waals surface area contributed by atoms with Gasteiger partial charge in [-0.25, -0.2) is 14.4 Å². The highest BCUT2D eigenvalue weighted by Crippen LogP contribution is 2.46. The van der Waals surface area contributed by atoms with Crippen molar-refractivity contribution in [3.63, 3.8) is 0 Å². The summed E-state index contributed by atoms with van der Waals surface area (Å²) >= 11 is 0. The molecule has 0 amide bonds. The van der Waals surface area contributed by atoms with Gasteiger partial charge in [0.05, 0.1) is 37.2 Å². The van der Waals surface area contributed by atoms with E-state index in [1.807, 2.05) is 73.0 Å². The molecule has 7 nitrogen and oxygen atoms in total. The number of ether oxygens (including phenoxy) is 3. The second-order valence-electron chi connectivity index (χ2n) is 8.49. The minimum atomic E-state index is -0.699. The van der Waals surface area contributed by atoms with Crippen molar-refractivity contribution in [2.45, 2.75) is 27.7 Å². The summed E-state index contributed by atoms with van der Waals surface area (Å²) in [4.78, 5) is 39.3. The van der Waals surface area contributed by atoms with Gasteiger partial charge in [0.2, 0.25) is 0 Å². The van der Waals surface area contributed by atoms with E-state index in [4.69, 9.17) is 14.2 Å².